The summed E-state index contributed by atoms with van der Waals surface area (Å²) >= 11 is 3.50. The van der Waals surface area contributed by atoms with Crippen LogP contribution in [-0.2, 0) is 0 Å². The Morgan fingerprint density at radius 2 is 2.05 bits per heavy atom. The second-order valence-electron chi connectivity index (χ2n) is 5.72. The molecule has 0 radical (unpaired) electrons. The lowest BCUT2D eigenvalue weighted by molar-refractivity contribution is 0.112. The Balaban J connectivity index is 1.95. The van der Waals surface area contributed by atoms with Crippen molar-refractivity contribution in [3.8, 4) is 11.3 Å². The third-order valence-corrected chi connectivity index (χ3v) is 5.83. The zero-order chi connectivity index (χ0) is 14.9. The molecule has 2 aromatic rings. The van der Waals surface area contributed by atoms with Gasteiger partial charge in [0.05, 0.1) is 10.6 Å². The largest absolute Gasteiger partial charge is 0.346 e. The molecule has 0 amide bonds. The van der Waals surface area contributed by atoms with Crippen molar-refractivity contribution < 1.29 is 4.79 Å². The minimum atomic E-state index is 0.234. The lowest BCUT2D eigenvalue weighted by atomic mass is 10.1. The first kappa shape index (κ1) is 14.6. The van der Waals surface area contributed by atoms with Crippen LogP contribution in [0.3, 0.4) is 0 Å². The van der Waals surface area contributed by atoms with Gasteiger partial charge in [0.25, 0.3) is 0 Å². The molecule has 1 fully saturated rings. The molecule has 1 aromatic carbocycles. The van der Waals surface area contributed by atoms with E-state index < -0.39 is 0 Å². The number of hydrogen-bond acceptors (Lipinski definition) is 5. The number of benzene rings is 1. The molecule has 110 valence electrons. The minimum absolute atomic E-state index is 0.234. The average molecular weight is 318 g/mol. The fourth-order valence-corrected chi connectivity index (χ4v) is 4.56. The Labute approximate surface area is 133 Å². The fraction of sp³-hybridized carbons (Fsp3) is 0.375. The van der Waals surface area contributed by atoms with Crippen molar-refractivity contribution in [2.75, 3.05) is 23.7 Å². The zero-order valence-corrected chi connectivity index (χ0v) is 13.8. The topological polar surface area (TPSA) is 33.2 Å². The lowest BCUT2D eigenvalue weighted by Gasteiger charge is -2.37. The van der Waals surface area contributed by atoms with E-state index in [4.69, 9.17) is 4.98 Å². The van der Waals surface area contributed by atoms with Crippen molar-refractivity contribution >= 4 is 34.5 Å². The molecule has 1 aliphatic rings. The number of anilines is 1. The summed E-state index contributed by atoms with van der Waals surface area (Å²) in [5, 5.41) is 0.962. The molecule has 0 saturated carbocycles. The number of carbonyl (C=O) groups excluding carboxylic acids is 1. The highest BCUT2D eigenvalue weighted by atomic mass is 32.2. The Morgan fingerprint density at radius 3 is 2.71 bits per heavy atom. The van der Waals surface area contributed by atoms with Crippen molar-refractivity contribution in [2.24, 2.45) is 0 Å². The van der Waals surface area contributed by atoms with Crippen LogP contribution in [0.5, 0.6) is 0 Å². The number of thioether (sulfide) groups is 1. The summed E-state index contributed by atoms with van der Waals surface area (Å²) in [7, 11) is 0. The van der Waals surface area contributed by atoms with Gasteiger partial charge in [-0.25, -0.2) is 4.98 Å². The first-order chi connectivity index (χ1) is 10.1. The molecule has 0 N–H and O–H groups in total. The van der Waals surface area contributed by atoms with E-state index in [-0.39, 0.29) is 4.75 Å². The summed E-state index contributed by atoms with van der Waals surface area (Å²) in [6.45, 7) is 6.48. The molecule has 0 unspecified atom stereocenters. The standard InChI is InChI=1S/C16H18N2OS2/c1-16(2)11-18(8-9-20-16)15-17-14(13(10-19)21-15)12-6-4-3-5-7-12/h3-7,10H,8-9,11H2,1-2H3. The van der Waals surface area contributed by atoms with E-state index in [1.165, 1.54) is 11.3 Å². The van der Waals surface area contributed by atoms with Crippen LogP contribution in [0, 0.1) is 0 Å². The summed E-state index contributed by atoms with van der Waals surface area (Å²) in [6.07, 6.45) is 0.924. The maximum atomic E-state index is 11.4. The van der Waals surface area contributed by atoms with Crippen LogP contribution in [0.25, 0.3) is 11.3 Å². The normalized spacial score (nSPS) is 17.7. The van der Waals surface area contributed by atoms with Gasteiger partial charge in [0.2, 0.25) is 0 Å². The van der Waals surface area contributed by atoms with E-state index in [9.17, 15) is 4.79 Å². The maximum Gasteiger partial charge on any atom is 0.186 e. The molecule has 1 aliphatic heterocycles. The molecule has 21 heavy (non-hydrogen) atoms. The molecule has 2 heterocycles. The number of nitrogens with zero attached hydrogens (tertiary/aromatic N) is 2. The third kappa shape index (κ3) is 3.14. The Morgan fingerprint density at radius 1 is 1.29 bits per heavy atom. The smallest absolute Gasteiger partial charge is 0.186 e. The maximum absolute atomic E-state index is 11.4. The van der Waals surface area contributed by atoms with E-state index >= 15 is 0 Å². The number of rotatable bonds is 3. The van der Waals surface area contributed by atoms with Gasteiger partial charge in [-0.3, -0.25) is 4.79 Å². The monoisotopic (exact) mass is 318 g/mol. The van der Waals surface area contributed by atoms with Crippen molar-refractivity contribution in [2.45, 2.75) is 18.6 Å². The predicted octanol–water partition coefficient (Wildman–Crippen LogP) is 3.95. The summed E-state index contributed by atoms with van der Waals surface area (Å²) < 4.78 is 0.234. The van der Waals surface area contributed by atoms with Crippen molar-refractivity contribution in [1.82, 2.24) is 4.98 Å². The van der Waals surface area contributed by atoms with E-state index in [1.807, 2.05) is 42.1 Å². The number of aldehydes is 1. The molecule has 5 heteroatoms. The Bertz CT molecular complexity index is 637. The molecule has 1 aromatic heterocycles. The van der Waals surface area contributed by atoms with Gasteiger partial charge in [-0.2, -0.15) is 11.8 Å². The van der Waals surface area contributed by atoms with Gasteiger partial charge in [-0.15, -0.1) is 0 Å². The van der Waals surface area contributed by atoms with E-state index in [1.54, 1.807) is 0 Å². The molecule has 3 rings (SSSR count). The highest BCUT2D eigenvalue weighted by Gasteiger charge is 2.29. The van der Waals surface area contributed by atoms with Gasteiger partial charge >= 0.3 is 0 Å². The SMILES string of the molecule is CC1(C)CN(c2nc(-c3ccccc3)c(C=O)s2)CCS1. The van der Waals surface area contributed by atoms with Gasteiger partial charge in [0.1, 0.15) is 0 Å². The van der Waals surface area contributed by atoms with E-state index in [0.717, 1.165) is 41.5 Å². The summed E-state index contributed by atoms with van der Waals surface area (Å²) in [4.78, 5) is 19.1. The fourth-order valence-electron chi connectivity index (χ4n) is 2.52. The van der Waals surface area contributed by atoms with Crippen LogP contribution in [0.4, 0.5) is 5.13 Å². The molecule has 0 aliphatic carbocycles. The first-order valence-electron chi connectivity index (χ1n) is 6.99. The highest BCUT2D eigenvalue weighted by Crippen LogP contribution is 2.36. The minimum Gasteiger partial charge on any atom is -0.346 e. The van der Waals surface area contributed by atoms with Crippen molar-refractivity contribution in [3.05, 3.63) is 35.2 Å². The van der Waals surface area contributed by atoms with Gasteiger partial charge in [0, 0.05) is 29.2 Å². The molecule has 1 saturated heterocycles. The van der Waals surface area contributed by atoms with Crippen LogP contribution in [-0.4, -0.2) is 34.9 Å². The van der Waals surface area contributed by atoms with Crippen LogP contribution in [0.1, 0.15) is 23.5 Å². The summed E-state index contributed by atoms with van der Waals surface area (Å²) in [5.74, 6) is 1.10. The van der Waals surface area contributed by atoms with Crippen LogP contribution in [0.2, 0.25) is 0 Å². The second-order valence-corrected chi connectivity index (χ2v) is 8.53. The van der Waals surface area contributed by atoms with Crippen molar-refractivity contribution in [3.63, 3.8) is 0 Å². The predicted molar refractivity (Wildman–Crippen MR) is 91.7 cm³/mol. The van der Waals surface area contributed by atoms with E-state index in [0.29, 0.717) is 4.88 Å². The third-order valence-electron chi connectivity index (χ3n) is 3.49. The lowest BCUT2D eigenvalue weighted by Crippen LogP contribution is -2.43. The molecule has 0 spiro atoms. The number of thiazole rings is 1. The van der Waals surface area contributed by atoms with Gasteiger partial charge in [-0.05, 0) is 13.8 Å². The van der Waals surface area contributed by atoms with Gasteiger partial charge in [-0.1, -0.05) is 41.7 Å². The van der Waals surface area contributed by atoms with E-state index in [2.05, 4.69) is 18.7 Å². The molecule has 0 atom stereocenters. The second kappa shape index (κ2) is 5.81. The van der Waals surface area contributed by atoms with Crippen molar-refractivity contribution in [1.29, 1.82) is 0 Å². The van der Waals surface area contributed by atoms with Gasteiger partial charge in [0.15, 0.2) is 11.4 Å². The summed E-state index contributed by atoms with van der Waals surface area (Å²) in [6, 6.07) is 9.93. The van der Waals surface area contributed by atoms with Crippen LogP contribution in [0.15, 0.2) is 30.3 Å². The molecular weight excluding hydrogens is 300 g/mol. The number of aromatic nitrogens is 1. The van der Waals surface area contributed by atoms with Crippen LogP contribution >= 0.6 is 23.1 Å². The highest BCUT2D eigenvalue weighted by molar-refractivity contribution is 8.00. The molecule has 3 nitrogen and oxygen atoms in total. The van der Waals surface area contributed by atoms with Gasteiger partial charge < -0.3 is 4.90 Å². The Hall–Kier alpha value is -1.33. The molecule has 0 bridgehead atoms. The average Bonchev–Trinajstić information content (AvgIpc) is 2.91. The number of hydrogen-bond donors (Lipinski definition) is 0. The summed E-state index contributed by atoms with van der Waals surface area (Å²) in [5.41, 5.74) is 1.81. The quantitative estimate of drug-likeness (QED) is 0.802. The first-order valence-corrected chi connectivity index (χ1v) is 8.80. The number of carbonyl (C=O) groups is 1. The Kier molecular flexibility index (Phi) is 4.04. The molecular formula is C16H18N2OS2. The zero-order valence-electron chi connectivity index (χ0n) is 12.2. The van der Waals surface area contributed by atoms with Crippen LogP contribution < -0.4 is 4.90 Å².